The number of benzene rings is 1. The van der Waals surface area contributed by atoms with Gasteiger partial charge in [-0.05, 0) is 41.2 Å². The van der Waals surface area contributed by atoms with E-state index in [0.29, 0.717) is 12.0 Å². The molecule has 0 unspecified atom stereocenters. The summed E-state index contributed by atoms with van der Waals surface area (Å²) in [6.07, 6.45) is 1.99. The van der Waals surface area contributed by atoms with E-state index in [4.69, 9.17) is 8.64 Å². The third-order valence-corrected chi connectivity index (χ3v) is 4.22. The van der Waals surface area contributed by atoms with Crippen LogP contribution in [0.5, 0.6) is 0 Å². The van der Waals surface area contributed by atoms with Crippen molar-refractivity contribution in [3.05, 3.63) is 41.0 Å². The molecule has 1 aliphatic carbocycles. The van der Waals surface area contributed by atoms with Crippen molar-refractivity contribution in [1.29, 1.82) is 0 Å². The molecule has 1 atom stereocenters. The lowest BCUT2D eigenvalue weighted by atomic mass is 9.94. The van der Waals surface area contributed by atoms with Crippen LogP contribution in [0.2, 0.25) is 0 Å². The van der Waals surface area contributed by atoms with Gasteiger partial charge in [0.1, 0.15) is 0 Å². The van der Waals surface area contributed by atoms with E-state index in [1.54, 1.807) is 7.05 Å². The summed E-state index contributed by atoms with van der Waals surface area (Å²) in [5.41, 5.74) is 2.88. The molecule has 0 aliphatic heterocycles. The van der Waals surface area contributed by atoms with Gasteiger partial charge in [0.25, 0.3) is 0 Å². The molecule has 3 aromatic rings. The average molecular weight is 327 g/mol. The average Bonchev–Trinajstić information content (AvgIpc) is 3.33. The summed E-state index contributed by atoms with van der Waals surface area (Å²) in [7, 11) is 1.62. The summed E-state index contributed by atoms with van der Waals surface area (Å²) in [5, 5.41) is 15.2. The Kier molecular flexibility index (Phi) is 2.72. The molecular weight excluding hydrogens is 308 g/mol. The zero-order chi connectivity index (χ0) is 19.2. The van der Waals surface area contributed by atoms with Gasteiger partial charge in [-0.15, -0.1) is 10.2 Å². The standard InChI is InChI=1S/C16H16N6O2/c1-9-17-15(20-24-9)12-5-6-13-10(7-12)3-4-11(13)8-14(23)16-18-21-22(2)19-16/h5-7,11H,3-4,8H2,1-2H3/t11-/m0/s1/i1D3. The van der Waals surface area contributed by atoms with Gasteiger partial charge in [-0.2, -0.15) is 9.78 Å². The van der Waals surface area contributed by atoms with Crippen LogP contribution in [0.25, 0.3) is 11.4 Å². The summed E-state index contributed by atoms with van der Waals surface area (Å²) >= 11 is 0. The van der Waals surface area contributed by atoms with Crippen molar-refractivity contribution in [1.82, 2.24) is 30.3 Å². The summed E-state index contributed by atoms with van der Waals surface area (Å²) in [6.45, 7) is -2.43. The van der Waals surface area contributed by atoms with Gasteiger partial charge in [-0.1, -0.05) is 17.3 Å². The van der Waals surface area contributed by atoms with Crippen LogP contribution in [0.15, 0.2) is 22.7 Å². The van der Waals surface area contributed by atoms with Crippen molar-refractivity contribution in [2.24, 2.45) is 7.05 Å². The van der Waals surface area contributed by atoms with Crippen molar-refractivity contribution in [3.63, 3.8) is 0 Å². The second kappa shape index (κ2) is 5.63. The fourth-order valence-electron chi connectivity index (χ4n) is 3.11. The lowest BCUT2D eigenvalue weighted by molar-refractivity contribution is 0.0963. The largest absolute Gasteiger partial charge is 0.339 e. The molecule has 0 saturated carbocycles. The van der Waals surface area contributed by atoms with Crippen LogP contribution in [0, 0.1) is 6.85 Å². The van der Waals surface area contributed by atoms with Crippen molar-refractivity contribution in [3.8, 4) is 11.4 Å². The van der Waals surface area contributed by atoms with Crippen LogP contribution in [-0.4, -0.2) is 36.1 Å². The van der Waals surface area contributed by atoms with E-state index in [2.05, 4.69) is 25.6 Å². The summed E-state index contributed by atoms with van der Waals surface area (Å²) in [6, 6.07) is 5.68. The van der Waals surface area contributed by atoms with Gasteiger partial charge in [0.2, 0.25) is 23.3 Å². The Hall–Kier alpha value is -2.90. The molecule has 24 heavy (non-hydrogen) atoms. The zero-order valence-corrected chi connectivity index (χ0v) is 12.9. The molecule has 8 nitrogen and oxygen atoms in total. The predicted molar refractivity (Wildman–Crippen MR) is 83.3 cm³/mol. The number of fused-ring (bicyclic) bond motifs is 1. The minimum absolute atomic E-state index is 0.0913. The lowest BCUT2D eigenvalue weighted by Crippen LogP contribution is -2.08. The van der Waals surface area contributed by atoms with E-state index >= 15 is 0 Å². The van der Waals surface area contributed by atoms with Crippen LogP contribution in [-0.2, 0) is 13.5 Å². The van der Waals surface area contributed by atoms with Crippen molar-refractivity contribution in [2.45, 2.75) is 32.0 Å². The summed E-state index contributed by atoms with van der Waals surface area (Å²) in [5.74, 6) is -0.0456. The monoisotopic (exact) mass is 327 g/mol. The first-order valence-electron chi connectivity index (χ1n) is 9.06. The molecule has 4 rings (SSSR count). The maximum absolute atomic E-state index is 12.3. The van der Waals surface area contributed by atoms with Crippen LogP contribution < -0.4 is 0 Å². The van der Waals surface area contributed by atoms with Gasteiger partial charge in [0.15, 0.2) is 0 Å². The Bertz CT molecular complexity index is 1010. The first-order chi connectivity index (χ1) is 12.8. The number of aromatic nitrogens is 6. The molecule has 122 valence electrons. The fourth-order valence-corrected chi connectivity index (χ4v) is 3.11. The number of tetrazole rings is 1. The molecular formula is C16H16N6O2. The smallest absolute Gasteiger partial charge is 0.240 e. The quantitative estimate of drug-likeness (QED) is 0.674. The molecule has 2 heterocycles. The minimum Gasteiger partial charge on any atom is -0.339 e. The lowest BCUT2D eigenvalue weighted by Gasteiger charge is -2.09. The Morgan fingerprint density at radius 3 is 3.17 bits per heavy atom. The van der Waals surface area contributed by atoms with E-state index < -0.39 is 6.85 Å². The van der Waals surface area contributed by atoms with Crippen molar-refractivity contribution < 1.29 is 13.4 Å². The molecule has 0 fully saturated rings. The van der Waals surface area contributed by atoms with E-state index in [0.717, 1.165) is 24.0 Å². The summed E-state index contributed by atoms with van der Waals surface area (Å²) < 4.78 is 26.8. The van der Waals surface area contributed by atoms with E-state index in [1.807, 2.05) is 18.2 Å². The van der Waals surface area contributed by atoms with Gasteiger partial charge in [-0.25, -0.2) is 0 Å². The number of carbonyl (C=O) groups excluding carboxylic acids is 1. The molecule has 2 aromatic heterocycles. The van der Waals surface area contributed by atoms with Crippen LogP contribution in [0.4, 0.5) is 0 Å². The van der Waals surface area contributed by atoms with E-state index in [-0.39, 0.29) is 29.2 Å². The highest BCUT2D eigenvalue weighted by atomic mass is 16.5. The molecule has 1 aliphatic rings. The summed E-state index contributed by atoms with van der Waals surface area (Å²) in [4.78, 5) is 17.6. The molecule has 0 bridgehead atoms. The number of hydrogen-bond acceptors (Lipinski definition) is 7. The second-order valence-corrected chi connectivity index (χ2v) is 5.80. The minimum atomic E-state index is -2.43. The highest BCUT2D eigenvalue weighted by Gasteiger charge is 2.27. The van der Waals surface area contributed by atoms with E-state index in [1.165, 1.54) is 4.80 Å². The topological polar surface area (TPSA) is 99.6 Å². The van der Waals surface area contributed by atoms with Gasteiger partial charge in [0.05, 0.1) is 7.05 Å². The Morgan fingerprint density at radius 2 is 2.42 bits per heavy atom. The van der Waals surface area contributed by atoms with Crippen molar-refractivity contribution >= 4 is 5.78 Å². The van der Waals surface area contributed by atoms with E-state index in [9.17, 15) is 4.79 Å². The van der Waals surface area contributed by atoms with Crippen molar-refractivity contribution in [2.75, 3.05) is 0 Å². The molecule has 1 aromatic carbocycles. The predicted octanol–water partition coefficient (Wildman–Crippen LogP) is 1.87. The SMILES string of the molecule is [2H]C([2H])([2H])c1nc(-c2ccc3c(c2)CC[C@H]3CC(=O)c2nnn(C)n2)no1. The molecule has 0 spiro atoms. The number of rotatable bonds is 4. The highest BCUT2D eigenvalue weighted by molar-refractivity contribution is 5.92. The number of carbonyl (C=O) groups is 1. The first-order valence-corrected chi connectivity index (χ1v) is 7.56. The van der Waals surface area contributed by atoms with Crippen LogP contribution in [0.1, 0.15) is 50.5 Å². The Morgan fingerprint density at radius 1 is 1.50 bits per heavy atom. The second-order valence-electron chi connectivity index (χ2n) is 5.80. The van der Waals surface area contributed by atoms with Crippen LogP contribution in [0.3, 0.4) is 0 Å². The maximum Gasteiger partial charge on any atom is 0.240 e. The zero-order valence-electron chi connectivity index (χ0n) is 15.9. The third kappa shape index (κ3) is 2.60. The number of nitrogens with zero attached hydrogens (tertiary/aromatic N) is 6. The van der Waals surface area contributed by atoms with Gasteiger partial charge in [-0.3, -0.25) is 4.79 Å². The van der Waals surface area contributed by atoms with Crippen LogP contribution >= 0.6 is 0 Å². The number of aryl methyl sites for hydroxylation is 3. The Labute approximate surface area is 142 Å². The fraction of sp³-hybridized carbons (Fsp3) is 0.375. The molecule has 0 radical (unpaired) electrons. The number of hydrogen-bond donors (Lipinski definition) is 0. The molecule has 0 saturated heterocycles. The third-order valence-electron chi connectivity index (χ3n) is 4.22. The highest BCUT2D eigenvalue weighted by Crippen LogP contribution is 2.37. The normalized spacial score (nSPS) is 18.7. The first kappa shape index (κ1) is 11.6. The van der Waals surface area contributed by atoms with Gasteiger partial charge < -0.3 is 4.52 Å². The van der Waals surface area contributed by atoms with Gasteiger partial charge >= 0.3 is 0 Å². The molecule has 8 heteroatoms. The maximum atomic E-state index is 12.3. The Balaban J connectivity index is 1.54. The number of ketones is 1. The molecule has 0 amide bonds. The molecule has 0 N–H and O–H groups in total. The number of Topliss-reactive ketones (excluding diaryl/α,β-unsaturated/α-hetero) is 1. The van der Waals surface area contributed by atoms with Gasteiger partial charge in [0, 0.05) is 22.9 Å².